The SMILES string of the molecule is N/C(=N/O)C1(NC(=O)c2cccc(Br)c2)CCCCCC1. The van der Waals surface area contributed by atoms with E-state index in [0.29, 0.717) is 18.4 Å². The largest absolute Gasteiger partial charge is 0.409 e. The smallest absolute Gasteiger partial charge is 0.252 e. The molecule has 0 aromatic heterocycles. The van der Waals surface area contributed by atoms with Crippen LogP contribution < -0.4 is 11.1 Å². The van der Waals surface area contributed by atoms with Crippen LogP contribution in [-0.4, -0.2) is 22.5 Å². The molecule has 0 spiro atoms. The topological polar surface area (TPSA) is 87.7 Å². The lowest BCUT2D eigenvalue weighted by atomic mass is 9.88. The van der Waals surface area contributed by atoms with E-state index in [4.69, 9.17) is 10.9 Å². The van der Waals surface area contributed by atoms with Crippen molar-refractivity contribution in [3.05, 3.63) is 34.3 Å². The van der Waals surface area contributed by atoms with Crippen molar-refractivity contribution in [2.45, 2.75) is 44.1 Å². The number of nitrogens with one attached hydrogen (secondary N) is 1. The number of carbonyl (C=O) groups is 1. The van der Waals surface area contributed by atoms with Crippen molar-refractivity contribution < 1.29 is 10.0 Å². The zero-order chi connectivity index (χ0) is 15.3. The van der Waals surface area contributed by atoms with Gasteiger partial charge in [0.1, 0.15) is 5.54 Å². The van der Waals surface area contributed by atoms with Crippen LogP contribution in [0.15, 0.2) is 33.9 Å². The predicted molar refractivity (Wildman–Crippen MR) is 85.5 cm³/mol. The number of halogens is 1. The Kier molecular flexibility index (Phi) is 5.22. The van der Waals surface area contributed by atoms with Gasteiger partial charge >= 0.3 is 0 Å². The number of amides is 1. The molecule has 1 aromatic rings. The summed E-state index contributed by atoms with van der Waals surface area (Å²) in [5, 5.41) is 15.2. The molecule has 114 valence electrons. The monoisotopic (exact) mass is 353 g/mol. The number of hydrogen-bond donors (Lipinski definition) is 3. The first-order valence-corrected chi connectivity index (χ1v) is 7.93. The minimum absolute atomic E-state index is 0.0905. The summed E-state index contributed by atoms with van der Waals surface area (Å²) in [6, 6.07) is 7.17. The van der Waals surface area contributed by atoms with Gasteiger partial charge in [-0.15, -0.1) is 0 Å². The first-order chi connectivity index (χ1) is 10.1. The maximum absolute atomic E-state index is 12.5. The maximum atomic E-state index is 12.5. The van der Waals surface area contributed by atoms with Crippen LogP contribution in [0.5, 0.6) is 0 Å². The second-order valence-corrected chi connectivity index (χ2v) is 6.36. The van der Waals surface area contributed by atoms with Crippen LogP contribution in [0, 0.1) is 0 Å². The molecule has 0 radical (unpaired) electrons. The molecule has 1 aliphatic rings. The summed E-state index contributed by atoms with van der Waals surface area (Å²) in [4.78, 5) is 12.5. The van der Waals surface area contributed by atoms with Crippen molar-refractivity contribution in [2.75, 3.05) is 0 Å². The van der Waals surface area contributed by atoms with Crippen LogP contribution in [0.1, 0.15) is 48.9 Å². The molecule has 0 aliphatic heterocycles. The molecular weight excluding hydrogens is 334 g/mol. The van der Waals surface area contributed by atoms with Crippen molar-refractivity contribution in [1.82, 2.24) is 5.32 Å². The fourth-order valence-corrected chi connectivity index (χ4v) is 3.19. The highest BCUT2D eigenvalue weighted by Gasteiger charge is 2.37. The molecule has 0 saturated heterocycles. The van der Waals surface area contributed by atoms with Crippen LogP contribution in [0.2, 0.25) is 0 Å². The quantitative estimate of drug-likeness (QED) is 0.256. The highest BCUT2D eigenvalue weighted by atomic mass is 79.9. The van der Waals surface area contributed by atoms with E-state index in [1.165, 1.54) is 0 Å². The Balaban J connectivity index is 2.24. The molecule has 1 fully saturated rings. The molecule has 21 heavy (non-hydrogen) atoms. The van der Waals surface area contributed by atoms with E-state index in [0.717, 1.165) is 30.2 Å². The van der Waals surface area contributed by atoms with E-state index in [-0.39, 0.29) is 11.7 Å². The van der Waals surface area contributed by atoms with Gasteiger partial charge in [-0.05, 0) is 31.0 Å². The molecule has 0 atom stereocenters. The molecule has 1 aliphatic carbocycles. The van der Waals surface area contributed by atoms with Gasteiger partial charge < -0.3 is 16.3 Å². The lowest BCUT2D eigenvalue weighted by Crippen LogP contribution is -2.57. The fourth-order valence-electron chi connectivity index (χ4n) is 2.79. The highest BCUT2D eigenvalue weighted by molar-refractivity contribution is 9.10. The summed E-state index contributed by atoms with van der Waals surface area (Å²) in [5.74, 6) is -0.113. The molecule has 1 amide bonds. The Morgan fingerprint density at radius 1 is 1.29 bits per heavy atom. The first-order valence-electron chi connectivity index (χ1n) is 7.13. The predicted octanol–water partition coefficient (Wildman–Crippen LogP) is 3.02. The number of carbonyl (C=O) groups excluding carboxylic acids is 1. The van der Waals surface area contributed by atoms with Gasteiger partial charge in [0.25, 0.3) is 5.91 Å². The van der Waals surface area contributed by atoms with Gasteiger partial charge in [-0.3, -0.25) is 4.79 Å². The molecule has 1 saturated carbocycles. The van der Waals surface area contributed by atoms with Crippen LogP contribution in [-0.2, 0) is 0 Å². The normalized spacial score (nSPS) is 18.8. The van der Waals surface area contributed by atoms with Crippen molar-refractivity contribution in [1.29, 1.82) is 0 Å². The number of benzene rings is 1. The molecule has 0 unspecified atom stereocenters. The standard InChI is InChI=1S/C15H20BrN3O2/c16-12-7-5-6-11(10-12)13(20)18-15(14(17)19-21)8-3-1-2-4-9-15/h5-7,10,21H,1-4,8-9H2,(H2,17,19)(H,18,20). The number of nitrogens with two attached hydrogens (primary N) is 1. The summed E-state index contributed by atoms with van der Waals surface area (Å²) in [6.07, 6.45) is 5.51. The molecular formula is C15H20BrN3O2. The molecule has 2 rings (SSSR count). The van der Waals surface area contributed by atoms with E-state index in [2.05, 4.69) is 26.4 Å². The molecule has 0 bridgehead atoms. The van der Waals surface area contributed by atoms with Crippen LogP contribution >= 0.6 is 15.9 Å². The number of oxime groups is 1. The molecule has 1 aromatic carbocycles. The van der Waals surface area contributed by atoms with Gasteiger partial charge in [-0.2, -0.15) is 0 Å². The molecule has 4 N–H and O–H groups in total. The summed E-state index contributed by atoms with van der Waals surface area (Å²) in [5.41, 5.74) is 5.69. The lowest BCUT2D eigenvalue weighted by molar-refractivity contribution is 0.0915. The molecule has 6 heteroatoms. The second kappa shape index (κ2) is 6.93. The van der Waals surface area contributed by atoms with Gasteiger partial charge in [0, 0.05) is 10.0 Å². The molecule has 0 heterocycles. The maximum Gasteiger partial charge on any atom is 0.252 e. The van der Waals surface area contributed by atoms with E-state index in [9.17, 15) is 4.79 Å². The lowest BCUT2D eigenvalue weighted by Gasteiger charge is -2.32. The second-order valence-electron chi connectivity index (χ2n) is 5.45. The Labute approximate surface area is 132 Å². The third-order valence-corrected chi connectivity index (χ3v) is 4.49. The Bertz CT molecular complexity index is 537. The van der Waals surface area contributed by atoms with Crippen LogP contribution in [0.4, 0.5) is 0 Å². The third kappa shape index (κ3) is 3.75. The number of amidine groups is 1. The van der Waals surface area contributed by atoms with Gasteiger partial charge in [0.15, 0.2) is 5.84 Å². The molecule has 5 nitrogen and oxygen atoms in total. The van der Waals surface area contributed by atoms with E-state index in [1.54, 1.807) is 12.1 Å². The summed E-state index contributed by atoms with van der Waals surface area (Å²) in [7, 11) is 0. The summed E-state index contributed by atoms with van der Waals surface area (Å²) in [6.45, 7) is 0. The number of nitrogens with zero attached hydrogens (tertiary/aromatic N) is 1. The third-order valence-electron chi connectivity index (χ3n) is 3.99. The van der Waals surface area contributed by atoms with Gasteiger partial charge in [-0.25, -0.2) is 0 Å². The van der Waals surface area contributed by atoms with Gasteiger partial charge in [-0.1, -0.05) is 52.8 Å². The highest BCUT2D eigenvalue weighted by Crippen LogP contribution is 2.28. The zero-order valence-electron chi connectivity index (χ0n) is 11.8. The van der Waals surface area contributed by atoms with Crippen LogP contribution in [0.25, 0.3) is 0 Å². The Morgan fingerprint density at radius 3 is 2.52 bits per heavy atom. The summed E-state index contributed by atoms with van der Waals surface area (Å²) >= 11 is 3.36. The van der Waals surface area contributed by atoms with Crippen molar-refractivity contribution >= 4 is 27.7 Å². The van der Waals surface area contributed by atoms with E-state index >= 15 is 0 Å². The average Bonchev–Trinajstić information content (AvgIpc) is 2.73. The average molecular weight is 354 g/mol. The zero-order valence-corrected chi connectivity index (χ0v) is 13.4. The van der Waals surface area contributed by atoms with Crippen molar-refractivity contribution in [2.24, 2.45) is 10.9 Å². The van der Waals surface area contributed by atoms with Gasteiger partial charge in [0.2, 0.25) is 0 Å². The van der Waals surface area contributed by atoms with Gasteiger partial charge in [0.05, 0.1) is 0 Å². The minimum Gasteiger partial charge on any atom is -0.409 e. The summed E-state index contributed by atoms with van der Waals surface area (Å²) < 4.78 is 0.842. The van der Waals surface area contributed by atoms with Crippen LogP contribution in [0.3, 0.4) is 0 Å². The Hall–Kier alpha value is -1.56. The number of rotatable bonds is 3. The minimum atomic E-state index is -0.745. The van der Waals surface area contributed by atoms with E-state index in [1.807, 2.05) is 12.1 Å². The Morgan fingerprint density at radius 2 is 1.95 bits per heavy atom. The van der Waals surface area contributed by atoms with Crippen molar-refractivity contribution in [3.63, 3.8) is 0 Å². The fraction of sp³-hybridized carbons (Fsp3) is 0.467. The van der Waals surface area contributed by atoms with E-state index < -0.39 is 5.54 Å². The van der Waals surface area contributed by atoms with Crippen molar-refractivity contribution in [3.8, 4) is 0 Å². The first kappa shape index (κ1) is 15.8. The number of hydrogen-bond acceptors (Lipinski definition) is 3.